The number of hydrogen-bond donors (Lipinski definition) is 1. The molecule has 0 unspecified atom stereocenters. The summed E-state index contributed by atoms with van der Waals surface area (Å²) in [6.45, 7) is 1.38. The van der Waals surface area contributed by atoms with Crippen LogP contribution >= 0.6 is 15.9 Å². The Kier molecular flexibility index (Phi) is 4.03. The number of amides is 1. The molecule has 0 heterocycles. The van der Waals surface area contributed by atoms with Crippen LogP contribution in [-0.2, 0) is 9.63 Å². The highest BCUT2D eigenvalue weighted by Crippen LogP contribution is 1.75. The van der Waals surface area contributed by atoms with E-state index in [9.17, 15) is 4.79 Å². The summed E-state index contributed by atoms with van der Waals surface area (Å²) >= 11 is 2.94. The van der Waals surface area contributed by atoms with Gasteiger partial charge in [0.2, 0.25) is 5.91 Å². The molecule has 0 radical (unpaired) electrons. The topological polar surface area (TPSA) is 38.3 Å². The lowest BCUT2D eigenvalue weighted by molar-refractivity contribution is -0.129. The Morgan fingerprint density at radius 1 is 2.00 bits per heavy atom. The molecule has 1 N–H and O–H groups in total. The van der Waals surface area contributed by atoms with Gasteiger partial charge in [-0.1, -0.05) is 15.9 Å². The van der Waals surface area contributed by atoms with Crippen molar-refractivity contribution in [2.75, 3.05) is 5.52 Å². The van der Waals surface area contributed by atoms with E-state index in [1.54, 1.807) is 0 Å². The molecule has 0 aromatic carbocycles. The second-order valence-electron chi connectivity index (χ2n) is 0.912. The molecule has 3 nitrogen and oxygen atoms in total. The van der Waals surface area contributed by atoms with Crippen molar-refractivity contribution in [1.29, 1.82) is 0 Å². The summed E-state index contributed by atoms with van der Waals surface area (Å²) in [7, 11) is 0. The maximum Gasteiger partial charge on any atom is 0.240 e. The minimum Gasteiger partial charge on any atom is -0.273 e. The standard InChI is InChI=1S/C3H6BrNO2/c1-3(6)5-7-2-4/h2H2,1H3,(H,5,6). The minimum atomic E-state index is -0.195. The number of carbonyl (C=O) groups is 1. The quantitative estimate of drug-likeness (QED) is 0.478. The maximum atomic E-state index is 9.95. The van der Waals surface area contributed by atoms with Gasteiger partial charge in [-0.05, 0) is 0 Å². The summed E-state index contributed by atoms with van der Waals surface area (Å²) in [4.78, 5) is 14.4. The van der Waals surface area contributed by atoms with Gasteiger partial charge in [-0.25, -0.2) is 5.48 Å². The second-order valence-corrected chi connectivity index (χ2v) is 1.37. The van der Waals surface area contributed by atoms with Crippen molar-refractivity contribution in [3.63, 3.8) is 0 Å². The zero-order valence-corrected chi connectivity index (χ0v) is 5.49. The Hall–Kier alpha value is -0.0900. The van der Waals surface area contributed by atoms with Crippen molar-refractivity contribution in [1.82, 2.24) is 5.48 Å². The van der Waals surface area contributed by atoms with Crippen LogP contribution < -0.4 is 5.48 Å². The molecule has 0 aromatic rings. The molecule has 4 heteroatoms. The summed E-state index contributed by atoms with van der Waals surface area (Å²) < 4.78 is 0. The predicted molar refractivity (Wildman–Crippen MR) is 28.7 cm³/mol. The molecule has 0 aromatic heterocycles. The molecular weight excluding hydrogens is 162 g/mol. The minimum absolute atomic E-state index is 0.195. The Labute approximate surface area is 50.1 Å². The lowest BCUT2D eigenvalue weighted by atomic mass is 10.8. The number of hydroxylamine groups is 1. The van der Waals surface area contributed by atoms with Crippen LogP contribution in [0.5, 0.6) is 0 Å². The molecule has 0 atom stereocenters. The molecular formula is C3H6BrNO2. The van der Waals surface area contributed by atoms with E-state index in [4.69, 9.17) is 0 Å². The number of alkyl halides is 1. The van der Waals surface area contributed by atoms with E-state index in [-0.39, 0.29) is 5.91 Å². The molecule has 0 bridgehead atoms. The van der Waals surface area contributed by atoms with Crippen molar-refractivity contribution in [3.05, 3.63) is 0 Å². The number of nitrogens with one attached hydrogen (secondary N) is 1. The number of halogens is 1. The van der Waals surface area contributed by atoms with Gasteiger partial charge >= 0.3 is 0 Å². The number of hydrogen-bond acceptors (Lipinski definition) is 2. The van der Waals surface area contributed by atoms with Gasteiger partial charge in [-0.3, -0.25) is 9.63 Å². The van der Waals surface area contributed by atoms with Crippen molar-refractivity contribution in [2.24, 2.45) is 0 Å². The van der Waals surface area contributed by atoms with Gasteiger partial charge < -0.3 is 0 Å². The molecule has 0 saturated carbocycles. The average Bonchev–Trinajstić information content (AvgIpc) is 1.61. The Balaban J connectivity index is 2.82. The van der Waals surface area contributed by atoms with Crippen molar-refractivity contribution >= 4 is 21.8 Å². The fourth-order valence-corrected chi connectivity index (χ4v) is 0.243. The molecule has 1 amide bonds. The van der Waals surface area contributed by atoms with E-state index in [0.29, 0.717) is 5.52 Å². The smallest absolute Gasteiger partial charge is 0.240 e. The van der Waals surface area contributed by atoms with Gasteiger partial charge in [0.25, 0.3) is 0 Å². The van der Waals surface area contributed by atoms with Gasteiger partial charge in [-0.2, -0.15) is 0 Å². The average molecular weight is 168 g/mol. The van der Waals surface area contributed by atoms with Crippen LogP contribution in [0.4, 0.5) is 0 Å². The van der Waals surface area contributed by atoms with Gasteiger partial charge in [0.1, 0.15) is 5.52 Å². The molecule has 0 rings (SSSR count). The SMILES string of the molecule is CC(=O)NOCBr. The largest absolute Gasteiger partial charge is 0.273 e. The van der Waals surface area contributed by atoms with Gasteiger partial charge in [-0.15, -0.1) is 0 Å². The van der Waals surface area contributed by atoms with Crippen LogP contribution in [0, 0.1) is 0 Å². The Morgan fingerprint density at radius 2 is 2.57 bits per heavy atom. The van der Waals surface area contributed by atoms with Crippen LogP contribution in [0.15, 0.2) is 0 Å². The first-order valence-corrected chi connectivity index (χ1v) is 2.84. The molecule has 0 aliphatic rings. The predicted octanol–water partition coefficient (Wildman–Crippen LogP) is 0.407. The molecule has 0 spiro atoms. The molecule has 0 aliphatic carbocycles. The fraction of sp³-hybridized carbons (Fsp3) is 0.667. The highest BCUT2D eigenvalue weighted by Gasteiger charge is 1.83. The monoisotopic (exact) mass is 167 g/mol. The van der Waals surface area contributed by atoms with Gasteiger partial charge in [0, 0.05) is 6.92 Å². The third-order valence-corrected chi connectivity index (χ3v) is 0.499. The van der Waals surface area contributed by atoms with Crippen LogP contribution in [0.1, 0.15) is 6.92 Å². The van der Waals surface area contributed by atoms with Crippen LogP contribution in [0.3, 0.4) is 0 Å². The first-order valence-electron chi connectivity index (χ1n) is 1.71. The van der Waals surface area contributed by atoms with Gasteiger partial charge in [0.05, 0.1) is 0 Å². The van der Waals surface area contributed by atoms with Crippen LogP contribution in [0.25, 0.3) is 0 Å². The lowest BCUT2D eigenvalue weighted by Crippen LogP contribution is -2.18. The summed E-state index contributed by atoms with van der Waals surface area (Å²) in [5, 5.41) is 0. The normalized spacial score (nSPS) is 8.29. The summed E-state index contributed by atoms with van der Waals surface area (Å²) in [6.07, 6.45) is 0. The van der Waals surface area contributed by atoms with E-state index in [1.165, 1.54) is 6.92 Å². The van der Waals surface area contributed by atoms with E-state index < -0.39 is 0 Å². The van der Waals surface area contributed by atoms with E-state index in [1.807, 2.05) is 0 Å². The Morgan fingerprint density at radius 3 is 2.71 bits per heavy atom. The number of carbonyl (C=O) groups excluding carboxylic acids is 1. The third-order valence-electron chi connectivity index (χ3n) is 0.270. The summed E-state index contributed by atoms with van der Waals surface area (Å²) in [6, 6.07) is 0. The van der Waals surface area contributed by atoms with E-state index in [0.717, 1.165) is 0 Å². The maximum absolute atomic E-state index is 9.95. The van der Waals surface area contributed by atoms with Crippen molar-refractivity contribution < 1.29 is 9.63 Å². The second kappa shape index (κ2) is 4.08. The zero-order chi connectivity index (χ0) is 5.70. The van der Waals surface area contributed by atoms with Crippen molar-refractivity contribution in [3.8, 4) is 0 Å². The molecule has 0 saturated heterocycles. The molecule has 7 heavy (non-hydrogen) atoms. The van der Waals surface area contributed by atoms with Crippen molar-refractivity contribution in [2.45, 2.75) is 6.92 Å². The first kappa shape index (κ1) is 6.91. The lowest BCUT2D eigenvalue weighted by Gasteiger charge is -1.94. The third kappa shape index (κ3) is 5.91. The summed E-state index contributed by atoms with van der Waals surface area (Å²) in [5.74, 6) is -0.195. The van der Waals surface area contributed by atoms with E-state index >= 15 is 0 Å². The first-order chi connectivity index (χ1) is 3.27. The van der Waals surface area contributed by atoms with Gasteiger partial charge in [0.15, 0.2) is 0 Å². The molecule has 0 aliphatic heterocycles. The zero-order valence-electron chi connectivity index (χ0n) is 3.90. The highest BCUT2D eigenvalue weighted by molar-refractivity contribution is 9.09. The molecule has 42 valence electrons. The summed E-state index contributed by atoms with van der Waals surface area (Å²) in [5.41, 5.74) is 2.44. The van der Waals surface area contributed by atoms with Crippen LogP contribution in [0.2, 0.25) is 0 Å². The highest BCUT2D eigenvalue weighted by atomic mass is 79.9. The Bertz CT molecular complexity index is 66.0. The number of rotatable bonds is 2. The van der Waals surface area contributed by atoms with E-state index in [2.05, 4.69) is 26.2 Å². The fourth-order valence-electron chi connectivity index (χ4n) is 0.129. The molecule has 0 fully saturated rings. The van der Waals surface area contributed by atoms with Crippen LogP contribution in [-0.4, -0.2) is 11.4 Å².